The minimum Gasteiger partial charge on any atom is -0.492 e. The third kappa shape index (κ3) is 4.92. The van der Waals surface area contributed by atoms with Crippen LogP contribution in [-0.4, -0.2) is 37.4 Å². The van der Waals surface area contributed by atoms with Gasteiger partial charge < -0.3 is 19.5 Å². The van der Waals surface area contributed by atoms with Gasteiger partial charge in [0.1, 0.15) is 18.1 Å². The Labute approximate surface area is 250 Å². The van der Waals surface area contributed by atoms with Gasteiger partial charge in [0.2, 0.25) is 0 Å². The van der Waals surface area contributed by atoms with Crippen molar-refractivity contribution in [3.63, 3.8) is 0 Å². The number of carbonyl (C=O) groups excluding carboxylic acids is 1. The SMILES string of the molecule is C=C[C@@]12CCc3cc(OC(C)=O)ccc3C1[C@@H](c1ccc(OCCN(C)c3ccccc3)cc1)C[C@@]1(C)C2CC[C@@H]1O. The Balaban J connectivity index is 1.29. The highest BCUT2D eigenvalue weighted by atomic mass is 16.5. The van der Waals surface area contributed by atoms with Crippen LogP contribution < -0.4 is 14.4 Å². The minimum atomic E-state index is -0.306. The zero-order valence-electron chi connectivity index (χ0n) is 25.1. The molecule has 0 bridgehead atoms. The van der Waals surface area contributed by atoms with Crippen molar-refractivity contribution < 1.29 is 19.4 Å². The van der Waals surface area contributed by atoms with Crippen molar-refractivity contribution in [2.24, 2.45) is 16.7 Å². The van der Waals surface area contributed by atoms with E-state index in [0.717, 1.165) is 44.4 Å². The normalized spacial score (nSPS) is 29.5. The van der Waals surface area contributed by atoms with E-state index in [2.05, 4.69) is 92.2 Å². The first-order valence-corrected chi connectivity index (χ1v) is 15.4. The van der Waals surface area contributed by atoms with Crippen LogP contribution in [0.5, 0.6) is 11.5 Å². The number of nitrogens with zero attached hydrogens (tertiary/aromatic N) is 1. The third-order valence-corrected chi connectivity index (χ3v) is 10.7. The van der Waals surface area contributed by atoms with Gasteiger partial charge in [0.25, 0.3) is 0 Å². The maximum absolute atomic E-state index is 11.7. The van der Waals surface area contributed by atoms with Gasteiger partial charge >= 0.3 is 5.97 Å². The second-order valence-electron chi connectivity index (χ2n) is 12.9. The number of aliphatic hydroxyl groups is 1. The molecule has 0 amide bonds. The van der Waals surface area contributed by atoms with Gasteiger partial charge in [-0.1, -0.05) is 49.4 Å². The molecule has 3 aromatic carbocycles. The van der Waals surface area contributed by atoms with E-state index in [-0.39, 0.29) is 34.7 Å². The Morgan fingerprint density at radius 1 is 1.07 bits per heavy atom. The van der Waals surface area contributed by atoms with Crippen LogP contribution in [0.4, 0.5) is 5.69 Å². The summed E-state index contributed by atoms with van der Waals surface area (Å²) in [5.74, 6) is 2.01. The van der Waals surface area contributed by atoms with E-state index in [1.54, 1.807) is 0 Å². The van der Waals surface area contributed by atoms with Crippen LogP contribution >= 0.6 is 0 Å². The number of benzene rings is 3. The van der Waals surface area contributed by atoms with E-state index in [0.29, 0.717) is 18.3 Å². The maximum Gasteiger partial charge on any atom is 0.308 e. The zero-order valence-corrected chi connectivity index (χ0v) is 25.1. The van der Waals surface area contributed by atoms with Crippen LogP contribution in [0.3, 0.4) is 0 Å². The lowest BCUT2D eigenvalue weighted by Crippen LogP contribution is -2.53. The molecular weight excluding hydrogens is 522 g/mol. The number of para-hydroxylation sites is 1. The van der Waals surface area contributed by atoms with Crippen molar-refractivity contribution in [2.45, 2.75) is 63.9 Å². The van der Waals surface area contributed by atoms with Gasteiger partial charge in [0, 0.05) is 25.6 Å². The first kappa shape index (κ1) is 28.5. The smallest absolute Gasteiger partial charge is 0.308 e. The van der Waals surface area contributed by atoms with Crippen molar-refractivity contribution in [1.29, 1.82) is 0 Å². The summed E-state index contributed by atoms with van der Waals surface area (Å²) in [5, 5.41) is 11.3. The lowest BCUT2D eigenvalue weighted by molar-refractivity contribution is -0.131. The van der Waals surface area contributed by atoms with E-state index in [1.807, 2.05) is 12.1 Å². The quantitative estimate of drug-likeness (QED) is 0.177. The molecule has 6 rings (SSSR count). The average molecular weight is 566 g/mol. The molecule has 220 valence electrons. The van der Waals surface area contributed by atoms with E-state index >= 15 is 0 Å². The molecule has 0 heterocycles. The van der Waals surface area contributed by atoms with E-state index < -0.39 is 0 Å². The largest absolute Gasteiger partial charge is 0.492 e. The lowest BCUT2D eigenvalue weighted by atomic mass is 9.44. The van der Waals surface area contributed by atoms with Gasteiger partial charge in [-0.2, -0.15) is 0 Å². The number of carbonyl (C=O) groups is 1. The number of likely N-dealkylation sites (N-methyl/N-ethyl adjacent to an activating group) is 1. The summed E-state index contributed by atoms with van der Waals surface area (Å²) >= 11 is 0. The highest BCUT2D eigenvalue weighted by Gasteiger charge is 2.63. The van der Waals surface area contributed by atoms with Crippen molar-refractivity contribution in [3.8, 4) is 11.5 Å². The standard InChI is InChI=1S/C37H43NO4/c1-5-37-20-19-27-23-30(42-25(2)39)15-16-31(27)35(37)32(24-36(3)33(37)17-18-34(36)40)26-11-13-29(14-12-26)41-22-21-38(4)28-9-7-6-8-10-28/h5-16,23,32-35,40H,1,17-22,24H2,2-4H3/t32-,33?,34+,35?,36+,37+/m1/s1. The van der Waals surface area contributed by atoms with E-state index in [9.17, 15) is 9.90 Å². The minimum absolute atomic E-state index is 0.109. The van der Waals surface area contributed by atoms with Crippen LogP contribution in [0.1, 0.15) is 68.1 Å². The fourth-order valence-corrected chi connectivity index (χ4v) is 8.68. The third-order valence-electron chi connectivity index (χ3n) is 10.7. The Hall–Kier alpha value is -3.57. The summed E-state index contributed by atoms with van der Waals surface area (Å²) in [7, 11) is 2.08. The number of hydrogen-bond acceptors (Lipinski definition) is 5. The summed E-state index contributed by atoms with van der Waals surface area (Å²) < 4.78 is 11.6. The second kappa shape index (κ2) is 11.3. The second-order valence-corrected chi connectivity index (χ2v) is 12.9. The number of hydrogen-bond donors (Lipinski definition) is 1. The molecule has 0 radical (unpaired) electrons. The molecule has 0 saturated heterocycles. The summed E-state index contributed by atoms with van der Waals surface area (Å²) in [6, 6.07) is 25.2. The molecule has 1 N–H and O–H groups in total. The predicted molar refractivity (Wildman–Crippen MR) is 167 cm³/mol. The van der Waals surface area contributed by atoms with Crippen LogP contribution in [0.2, 0.25) is 0 Å². The molecule has 42 heavy (non-hydrogen) atoms. The summed E-state index contributed by atoms with van der Waals surface area (Å²) in [5.41, 5.74) is 4.76. The van der Waals surface area contributed by atoms with Gasteiger partial charge in [0.15, 0.2) is 0 Å². The van der Waals surface area contributed by atoms with Crippen molar-refractivity contribution in [2.75, 3.05) is 25.1 Å². The number of esters is 1. The number of anilines is 1. The van der Waals surface area contributed by atoms with Crippen LogP contribution in [0, 0.1) is 16.7 Å². The van der Waals surface area contributed by atoms with Crippen molar-refractivity contribution in [3.05, 3.63) is 102 Å². The molecule has 2 saturated carbocycles. The molecule has 3 aliphatic carbocycles. The van der Waals surface area contributed by atoms with Gasteiger partial charge in [-0.3, -0.25) is 4.79 Å². The summed E-state index contributed by atoms with van der Waals surface area (Å²) in [4.78, 5) is 13.9. The number of ether oxygens (including phenoxy) is 2. The Kier molecular flexibility index (Phi) is 7.65. The molecule has 5 heteroatoms. The first-order chi connectivity index (χ1) is 20.2. The van der Waals surface area contributed by atoms with Gasteiger partial charge in [0.05, 0.1) is 12.6 Å². The Morgan fingerprint density at radius 2 is 1.81 bits per heavy atom. The van der Waals surface area contributed by atoms with Gasteiger partial charge in [-0.15, -0.1) is 6.58 Å². The fourth-order valence-electron chi connectivity index (χ4n) is 8.68. The lowest BCUT2D eigenvalue weighted by Gasteiger charge is -2.60. The van der Waals surface area contributed by atoms with Crippen molar-refractivity contribution >= 4 is 11.7 Å². The van der Waals surface area contributed by atoms with Crippen molar-refractivity contribution in [1.82, 2.24) is 0 Å². The molecule has 5 nitrogen and oxygen atoms in total. The predicted octanol–water partition coefficient (Wildman–Crippen LogP) is 7.29. The molecule has 2 fully saturated rings. The average Bonchev–Trinajstić information content (AvgIpc) is 3.31. The van der Waals surface area contributed by atoms with E-state index in [4.69, 9.17) is 9.47 Å². The first-order valence-electron chi connectivity index (χ1n) is 15.4. The molecule has 3 aromatic rings. The Bertz CT molecular complexity index is 1440. The molecule has 0 aromatic heterocycles. The van der Waals surface area contributed by atoms with Crippen LogP contribution in [0.25, 0.3) is 0 Å². The Morgan fingerprint density at radius 3 is 2.52 bits per heavy atom. The maximum atomic E-state index is 11.7. The zero-order chi connectivity index (χ0) is 29.5. The molecule has 6 atom stereocenters. The van der Waals surface area contributed by atoms with Crippen LogP contribution in [-0.2, 0) is 11.2 Å². The van der Waals surface area contributed by atoms with Gasteiger partial charge in [-0.05, 0) is 108 Å². The summed E-state index contributed by atoms with van der Waals surface area (Å²) in [6.45, 7) is 9.59. The molecule has 3 aliphatic rings. The molecule has 0 spiro atoms. The number of rotatable bonds is 8. The number of allylic oxidation sites excluding steroid dienone is 1. The molecule has 2 unspecified atom stereocenters. The number of aliphatic hydroxyl groups excluding tert-OH is 1. The van der Waals surface area contributed by atoms with Crippen LogP contribution in [0.15, 0.2) is 85.5 Å². The van der Waals surface area contributed by atoms with Gasteiger partial charge in [-0.25, -0.2) is 0 Å². The fraction of sp³-hybridized carbons (Fsp3) is 0.432. The molecule has 0 aliphatic heterocycles. The monoisotopic (exact) mass is 565 g/mol. The topological polar surface area (TPSA) is 59.0 Å². The molecular formula is C37H43NO4. The summed E-state index contributed by atoms with van der Waals surface area (Å²) in [6.07, 6.45) is 6.61. The highest BCUT2D eigenvalue weighted by Crippen LogP contribution is 2.71. The van der Waals surface area contributed by atoms with E-state index in [1.165, 1.54) is 29.3 Å². The number of fused-ring (bicyclic) bond motifs is 5. The number of aryl methyl sites for hydroxylation is 1. The highest BCUT2D eigenvalue weighted by molar-refractivity contribution is 5.69.